The predicted octanol–water partition coefficient (Wildman–Crippen LogP) is 4.49. The Labute approximate surface area is 118 Å². The molecule has 0 radical (unpaired) electrons. The molecule has 1 nitrogen and oxygen atoms in total. The van der Waals surface area contributed by atoms with Crippen LogP contribution in [0.4, 0.5) is 26.3 Å². The van der Waals surface area contributed by atoms with Crippen molar-refractivity contribution >= 4 is 0 Å². The highest BCUT2D eigenvalue weighted by Crippen LogP contribution is 2.46. The zero-order chi connectivity index (χ0) is 15.9. The molecule has 21 heavy (non-hydrogen) atoms. The third-order valence-electron chi connectivity index (χ3n) is 3.90. The van der Waals surface area contributed by atoms with Crippen LogP contribution in [-0.2, 0) is 5.54 Å². The lowest BCUT2D eigenvalue weighted by atomic mass is 9.88. The van der Waals surface area contributed by atoms with Crippen molar-refractivity contribution in [1.29, 1.82) is 0 Å². The Morgan fingerprint density at radius 2 is 1.52 bits per heavy atom. The normalized spacial score (nSPS) is 23.8. The second kappa shape index (κ2) is 5.19. The molecule has 1 atom stereocenters. The van der Waals surface area contributed by atoms with Crippen LogP contribution < -0.4 is 5.32 Å². The van der Waals surface area contributed by atoms with Gasteiger partial charge in [0, 0.05) is 5.54 Å². The lowest BCUT2D eigenvalue weighted by molar-refractivity contribution is -0.253. The van der Waals surface area contributed by atoms with Crippen LogP contribution >= 0.6 is 0 Å². The highest BCUT2D eigenvalue weighted by atomic mass is 19.4. The Morgan fingerprint density at radius 3 is 1.90 bits per heavy atom. The molecule has 1 saturated heterocycles. The first-order valence-electron chi connectivity index (χ1n) is 6.53. The van der Waals surface area contributed by atoms with E-state index in [9.17, 15) is 26.3 Å². The molecule has 1 fully saturated rings. The van der Waals surface area contributed by atoms with Gasteiger partial charge in [-0.05, 0) is 37.4 Å². The molecule has 1 aromatic carbocycles. The minimum absolute atomic E-state index is 0.384. The number of nitrogens with one attached hydrogen (secondary N) is 1. The van der Waals surface area contributed by atoms with Crippen molar-refractivity contribution in [3.05, 3.63) is 35.4 Å². The zero-order valence-corrected chi connectivity index (χ0v) is 11.3. The van der Waals surface area contributed by atoms with E-state index in [4.69, 9.17) is 0 Å². The van der Waals surface area contributed by atoms with Gasteiger partial charge in [-0.15, -0.1) is 0 Å². The highest BCUT2D eigenvalue weighted by molar-refractivity contribution is 5.32. The van der Waals surface area contributed by atoms with Crippen molar-refractivity contribution in [1.82, 2.24) is 5.32 Å². The van der Waals surface area contributed by atoms with Crippen molar-refractivity contribution in [3.63, 3.8) is 0 Å². The van der Waals surface area contributed by atoms with Gasteiger partial charge in [0.05, 0.1) is 0 Å². The standard InChI is InChI=1S/C14H15F6N/c1-12(7-2-8-21-12)10-5-3-9(4-6-10)11(13(15,16)17)14(18,19)20/h3-6,11,21H,2,7-8H2,1H3. The SMILES string of the molecule is CC1(c2ccc(C(C(F)(F)F)C(F)(F)F)cc2)CCCN1. The van der Waals surface area contributed by atoms with E-state index in [2.05, 4.69) is 5.32 Å². The average Bonchev–Trinajstić information content (AvgIpc) is 2.74. The van der Waals surface area contributed by atoms with Gasteiger partial charge in [0.25, 0.3) is 0 Å². The minimum Gasteiger partial charge on any atom is -0.308 e. The summed E-state index contributed by atoms with van der Waals surface area (Å²) in [5.74, 6) is -3.44. The number of alkyl halides is 6. The fourth-order valence-corrected chi connectivity index (χ4v) is 2.75. The maximum Gasteiger partial charge on any atom is 0.404 e. The molecule has 118 valence electrons. The van der Waals surface area contributed by atoms with Gasteiger partial charge >= 0.3 is 12.4 Å². The second-order valence-corrected chi connectivity index (χ2v) is 5.50. The quantitative estimate of drug-likeness (QED) is 0.793. The number of hydrogen-bond acceptors (Lipinski definition) is 1. The van der Waals surface area contributed by atoms with Gasteiger partial charge in [0.2, 0.25) is 0 Å². The lowest BCUT2D eigenvalue weighted by Crippen LogP contribution is -2.35. The molecular weight excluding hydrogens is 296 g/mol. The number of benzene rings is 1. The summed E-state index contributed by atoms with van der Waals surface area (Å²) >= 11 is 0. The second-order valence-electron chi connectivity index (χ2n) is 5.50. The molecule has 0 aromatic heterocycles. The van der Waals surface area contributed by atoms with E-state index < -0.39 is 23.8 Å². The Balaban J connectivity index is 2.33. The first-order valence-corrected chi connectivity index (χ1v) is 6.53. The molecule has 0 spiro atoms. The summed E-state index contributed by atoms with van der Waals surface area (Å²) in [4.78, 5) is 0. The summed E-state index contributed by atoms with van der Waals surface area (Å²) < 4.78 is 75.9. The fraction of sp³-hybridized carbons (Fsp3) is 0.571. The van der Waals surface area contributed by atoms with Crippen molar-refractivity contribution in [3.8, 4) is 0 Å². The van der Waals surface area contributed by atoms with E-state index in [-0.39, 0.29) is 5.54 Å². The Morgan fingerprint density at radius 1 is 1.00 bits per heavy atom. The zero-order valence-electron chi connectivity index (χ0n) is 11.3. The van der Waals surface area contributed by atoms with Crippen molar-refractivity contribution in [2.45, 2.75) is 43.6 Å². The van der Waals surface area contributed by atoms with Gasteiger partial charge in [0.15, 0.2) is 5.92 Å². The number of halogens is 6. The summed E-state index contributed by atoms with van der Waals surface area (Å²) in [6.45, 7) is 2.67. The molecule has 1 heterocycles. The molecule has 1 unspecified atom stereocenters. The Bertz CT molecular complexity index is 468. The molecule has 0 amide bonds. The summed E-state index contributed by atoms with van der Waals surface area (Å²) in [5.41, 5.74) is -0.461. The van der Waals surface area contributed by atoms with E-state index >= 15 is 0 Å². The van der Waals surface area contributed by atoms with Crippen LogP contribution in [0.2, 0.25) is 0 Å². The minimum atomic E-state index is -5.35. The smallest absolute Gasteiger partial charge is 0.308 e. The van der Waals surface area contributed by atoms with Gasteiger partial charge in [0.1, 0.15) is 0 Å². The van der Waals surface area contributed by atoms with E-state index in [1.54, 1.807) is 0 Å². The topological polar surface area (TPSA) is 12.0 Å². The summed E-state index contributed by atoms with van der Waals surface area (Å²) in [6, 6.07) is 4.54. The van der Waals surface area contributed by atoms with E-state index in [0.29, 0.717) is 5.56 Å². The van der Waals surface area contributed by atoms with Crippen LogP contribution in [0, 0.1) is 0 Å². The summed E-state index contributed by atoms with van der Waals surface area (Å²) in [5, 5.41) is 3.21. The molecule has 1 aliphatic rings. The van der Waals surface area contributed by atoms with Gasteiger partial charge in [-0.1, -0.05) is 24.3 Å². The monoisotopic (exact) mass is 311 g/mol. The summed E-state index contributed by atoms with van der Waals surface area (Å²) in [6.07, 6.45) is -8.98. The largest absolute Gasteiger partial charge is 0.404 e. The Hall–Kier alpha value is -1.24. The fourth-order valence-electron chi connectivity index (χ4n) is 2.75. The van der Waals surface area contributed by atoms with Crippen LogP contribution in [0.15, 0.2) is 24.3 Å². The first-order chi connectivity index (χ1) is 9.54. The lowest BCUT2D eigenvalue weighted by Gasteiger charge is -2.27. The van der Waals surface area contributed by atoms with Crippen molar-refractivity contribution in [2.24, 2.45) is 0 Å². The molecule has 1 N–H and O–H groups in total. The van der Waals surface area contributed by atoms with Gasteiger partial charge in [-0.3, -0.25) is 0 Å². The third-order valence-corrected chi connectivity index (χ3v) is 3.90. The van der Waals surface area contributed by atoms with Crippen LogP contribution in [0.1, 0.15) is 36.8 Å². The summed E-state index contributed by atoms with van der Waals surface area (Å²) in [7, 11) is 0. The molecule has 1 aliphatic heterocycles. The van der Waals surface area contributed by atoms with Crippen LogP contribution in [0.3, 0.4) is 0 Å². The molecule has 0 saturated carbocycles. The van der Waals surface area contributed by atoms with Crippen molar-refractivity contribution in [2.75, 3.05) is 6.54 Å². The van der Waals surface area contributed by atoms with Crippen LogP contribution in [-0.4, -0.2) is 18.9 Å². The first kappa shape index (κ1) is 16.1. The molecule has 2 rings (SSSR count). The van der Waals surface area contributed by atoms with Gasteiger partial charge in [-0.25, -0.2) is 0 Å². The molecule has 7 heteroatoms. The maximum atomic E-state index is 12.6. The molecule has 0 bridgehead atoms. The van der Waals surface area contributed by atoms with E-state index in [1.807, 2.05) is 6.92 Å². The number of rotatable bonds is 2. The number of hydrogen-bond donors (Lipinski definition) is 1. The molecule has 1 aromatic rings. The predicted molar refractivity (Wildman–Crippen MR) is 65.9 cm³/mol. The third kappa shape index (κ3) is 3.33. The van der Waals surface area contributed by atoms with Gasteiger partial charge < -0.3 is 5.32 Å². The Kier molecular flexibility index (Phi) is 3.99. The van der Waals surface area contributed by atoms with Crippen molar-refractivity contribution < 1.29 is 26.3 Å². The maximum absolute atomic E-state index is 12.6. The van der Waals surface area contributed by atoms with Crippen LogP contribution in [0.5, 0.6) is 0 Å². The average molecular weight is 311 g/mol. The highest BCUT2D eigenvalue weighted by Gasteiger charge is 2.57. The molecule has 0 aliphatic carbocycles. The van der Waals surface area contributed by atoms with Crippen LogP contribution in [0.25, 0.3) is 0 Å². The van der Waals surface area contributed by atoms with E-state index in [0.717, 1.165) is 31.5 Å². The molecular formula is C14H15F6N. The van der Waals surface area contributed by atoms with E-state index in [1.165, 1.54) is 12.1 Å². The van der Waals surface area contributed by atoms with Gasteiger partial charge in [-0.2, -0.15) is 26.3 Å².